The fourth-order valence-electron chi connectivity index (χ4n) is 1.89. The minimum atomic E-state index is 0.584. The Balaban J connectivity index is 1.96. The summed E-state index contributed by atoms with van der Waals surface area (Å²) in [5.41, 5.74) is 1.16. The highest BCUT2D eigenvalue weighted by molar-refractivity contribution is 8.01. The van der Waals surface area contributed by atoms with Crippen LogP contribution >= 0.6 is 23.1 Å². The van der Waals surface area contributed by atoms with Crippen LogP contribution in [0, 0.1) is 6.92 Å². The van der Waals surface area contributed by atoms with Gasteiger partial charge >= 0.3 is 0 Å². The summed E-state index contributed by atoms with van der Waals surface area (Å²) >= 11 is 3.51. The zero-order valence-corrected chi connectivity index (χ0v) is 12.8. The molecule has 1 aliphatic carbocycles. The third-order valence-corrected chi connectivity index (χ3v) is 5.23. The summed E-state index contributed by atoms with van der Waals surface area (Å²) in [6, 6.07) is 4.22. The number of thiophene rings is 1. The van der Waals surface area contributed by atoms with Crippen LogP contribution in [0.2, 0.25) is 0 Å². The molecule has 1 N–H and O–H groups in total. The number of rotatable bonds is 5. The van der Waals surface area contributed by atoms with Gasteiger partial charge in [-0.05, 0) is 38.1 Å². The van der Waals surface area contributed by atoms with E-state index < -0.39 is 0 Å². The Hall–Kier alpha value is -1.07. The minimum Gasteiger partial charge on any atom is -0.370 e. The molecule has 3 nitrogen and oxygen atoms in total. The number of anilines is 1. The zero-order valence-electron chi connectivity index (χ0n) is 11.1. The van der Waals surface area contributed by atoms with Crippen LogP contribution in [0.4, 0.5) is 5.82 Å². The van der Waals surface area contributed by atoms with Crippen LogP contribution < -0.4 is 5.32 Å². The van der Waals surface area contributed by atoms with Gasteiger partial charge in [-0.1, -0.05) is 17.8 Å². The molecule has 0 radical (unpaired) electrons. The molecule has 2 heterocycles. The molecule has 2 aromatic heterocycles. The number of nitrogens with zero attached hydrogens (tertiary/aromatic N) is 2. The molecule has 0 unspecified atom stereocenters. The maximum absolute atomic E-state index is 4.77. The van der Waals surface area contributed by atoms with E-state index in [1.807, 2.05) is 0 Å². The minimum absolute atomic E-state index is 0.584. The maximum atomic E-state index is 4.77. The molecule has 3 rings (SSSR count). The lowest BCUT2D eigenvalue weighted by Crippen LogP contribution is -2.07. The summed E-state index contributed by atoms with van der Waals surface area (Å²) in [6.07, 6.45) is 2.47. The first-order chi connectivity index (χ1) is 9.28. The van der Waals surface area contributed by atoms with Crippen LogP contribution in [0.15, 0.2) is 26.7 Å². The number of nitrogens with one attached hydrogen (secondary N) is 1. The van der Waals surface area contributed by atoms with Crippen molar-refractivity contribution >= 4 is 28.9 Å². The van der Waals surface area contributed by atoms with E-state index in [9.17, 15) is 0 Å². The average molecular weight is 291 g/mol. The van der Waals surface area contributed by atoms with Crippen molar-refractivity contribution in [2.45, 2.75) is 41.8 Å². The van der Waals surface area contributed by atoms with Crippen molar-refractivity contribution in [1.29, 1.82) is 0 Å². The SMILES string of the molecule is CCNc1nc(C2CC2)nc(Sc2cccs2)c1C. The quantitative estimate of drug-likeness (QED) is 0.833. The van der Waals surface area contributed by atoms with Crippen molar-refractivity contribution in [2.75, 3.05) is 11.9 Å². The van der Waals surface area contributed by atoms with E-state index in [-0.39, 0.29) is 0 Å². The molecular weight excluding hydrogens is 274 g/mol. The van der Waals surface area contributed by atoms with E-state index in [1.54, 1.807) is 23.1 Å². The second-order valence-corrected chi connectivity index (χ2v) is 6.94. The van der Waals surface area contributed by atoms with E-state index in [1.165, 1.54) is 17.1 Å². The fourth-order valence-corrected chi connectivity index (χ4v) is 3.66. The van der Waals surface area contributed by atoms with Crippen molar-refractivity contribution in [3.8, 4) is 0 Å². The highest BCUT2D eigenvalue weighted by Gasteiger charge is 2.28. The lowest BCUT2D eigenvalue weighted by Gasteiger charge is -2.12. The van der Waals surface area contributed by atoms with Crippen molar-refractivity contribution in [1.82, 2.24) is 9.97 Å². The molecule has 2 aromatic rings. The van der Waals surface area contributed by atoms with Gasteiger partial charge in [-0.3, -0.25) is 0 Å². The topological polar surface area (TPSA) is 37.8 Å². The van der Waals surface area contributed by atoms with Gasteiger partial charge in [0.2, 0.25) is 0 Å². The van der Waals surface area contributed by atoms with Gasteiger partial charge in [0, 0.05) is 18.0 Å². The molecule has 0 bridgehead atoms. The third-order valence-electron chi connectivity index (χ3n) is 3.10. The lowest BCUT2D eigenvalue weighted by atomic mass is 10.3. The molecule has 0 atom stereocenters. The van der Waals surface area contributed by atoms with Crippen LogP contribution in [0.5, 0.6) is 0 Å². The van der Waals surface area contributed by atoms with Crippen LogP contribution in [0.3, 0.4) is 0 Å². The molecular formula is C14H17N3S2. The normalized spacial score (nSPS) is 14.6. The van der Waals surface area contributed by atoms with Gasteiger partial charge in [-0.15, -0.1) is 11.3 Å². The summed E-state index contributed by atoms with van der Waals surface area (Å²) in [5.74, 6) is 2.60. The van der Waals surface area contributed by atoms with E-state index in [0.29, 0.717) is 5.92 Å². The summed E-state index contributed by atoms with van der Waals surface area (Å²) in [4.78, 5) is 9.45. The highest BCUT2D eigenvalue weighted by Crippen LogP contribution is 2.41. The molecule has 0 amide bonds. The van der Waals surface area contributed by atoms with E-state index >= 15 is 0 Å². The first-order valence-electron chi connectivity index (χ1n) is 6.61. The van der Waals surface area contributed by atoms with Crippen molar-refractivity contribution in [2.24, 2.45) is 0 Å². The lowest BCUT2D eigenvalue weighted by molar-refractivity contribution is 0.861. The second kappa shape index (κ2) is 5.51. The van der Waals surface area contributed by atoms with Gasteiger partial charge in [0.25, 0.3) is 0 Å². The fraction of sp³-hybridized carbons (Fsp3) is 0.429. The summed E-state index contributed by atoms with van der Waals surface area (Å²) in [7, 11) is 0. The van der Waals surface area contributed by atoms with Crippen LogP contribution in [0.1, 0.15) is 37.1 Å². The largest absolute Gasteiger partial charge is 0.370 e. The second-order valence-electron chi connectivity index (χ2n) is 4.70. The Bertz CT molecular complexity index is 562. The Labute approximate surface area is 121 Å². The van der Waals surface area contributed by atoms with Gasteiger partial charge in [0.1, 0.15) is 16.7 Å². The van der Waals surface area contributed by atoms with Crippen LogP contribution in [-0.2, 0) is 0 Å². The summed E-state index contributed by atoms with van der Waals surface area (Å²) < 4.78 is 1.28. The molecule has 5 heteroatoms. The predicted octanol–water partition coefficient (Wildman–Crippen LogP) is 4.31. The van der Waals surface area contributed by atoms with Crippen molar-refractivity contribution < 1.29 is 0 Å². The predicted molar refractivity (Wildman–Crippen MR) is 81.3 cm³/mol. The van der Waals surface area contributed by atoms with Gasteiger partial charge in [-0.2, -0.15) is 0 Å². The van der Waals surface area contributed by atoms with Gasteiger partial charge in [0.15, 0.2) is 0 Å². The first-order valence-corrected chi connectivity index (χ1v) is 8.31. The Morgan fingerprint density at radius 3 is 2.89 bits per heavy atom. The van der Waals surface area contributed by atoms with Crippen LogP contribution in [0.25, 0.3) is 0 Å². The maximum Gasteiger partial charge on any atom is 0.135 e. The number of aromatic nitrogens is 2. The zero-order chi connectivity index (χ0) is 13.2. The molecule has 19 heavy (non-hydrogen) atoms. The van der Waals surface area contributed by atoms with E-state index in [2.05, 4.69) is 41.7 Å². The van der Waals surface area contributed by atoms with Crippen molar-refractivity contribution in [3.05, 3.63) is 28.9 Å². The standard InChI is InChI=1S/C14H17N3S2/c1-3-15-12-9(2)14(19-11-5-4-8-18-11)17-13(16-12)10-6-7-10/h4-5,8,10H,3,6-7H2,1-2H3,(H,15,16,17). The third kappa shape index (κ3) is 2.92. The molecule has 0 aromatic carbocycles. The molecule has 0 saturated heterocycles. The van der Waals surface area contributed by atoms with Gasteiger partial charge in [-0.25, -0.2) is 9.97 Å². The Morgan fingerprint density at radius 1 is 1.42 bits per heavy atom. The van der Waals surface area contributed by atoms with E-state index in [4.69, 9.17) is 4.98 Å². The average Bonchev–Trinajstić information content (AvgIpc) is 3.13. The summed E-state index contributed by atoms with van der Waals surface area (Å²) in [6.45, 7) is 5.10. The molecule has 1 saturated carbocycles. The smallest absolute Gasteiger partial charge is 0.135 e. The Kier molecular flexibility index (Phi) is 3.75. The molecule has 1 aliphatic rings. The van der Waals surface area contributed by atoms with Crippen molar-refractivity contribution in [3.63, 3.8) is 0 Å². The van der Waals surface area contributed by atoms with E-state index in [0.717, 1.165) is 28.8 Å². The first kappa shape index (κ1) is 12.9. The number of hydrogen-bond donors (Lipinski definition) is 1. The number of hydrogen-bond acceptors (Lipinski definition) is 5. The monoisotopic (exact) mass is 291 g/mol. The molecule has 100 valence electrons. The molecule has 0 aliphatic heterocycles. The molecule has 1 fully saturated rings. The summed E-state index contributed by atoms with van der Waals surface area (Å²) in [5, 5.41) is 6.55. The van der Waals surface area contributed by atoms with Gasteiger partial charge in [0.05, 0.1) is 4.21 Å². The Morgan fingerprint density at radius 2 is 2.26 bits per heavy atom. The van der Waals surface area contributed by atoms with Crippen LogP contribution in [-0.4, -0.2) is 16.5 Å². The highest BCUT2D eigenvalue weighted by atomic mass is 32.2. The van der Waals surface area contributed by atoms with Gasteiger partial charge < -0.3 is 5.32 Å². The molecule has 0 spiro atoms.